The van der Waals surface area contributed by atoms with E-state index in [1.165, 1.54) is 12.1 Å². The Labute approximate surface area is 180 Å². The molecule has 0 unspecified atom stereocenters. The molecule has 0 spiro atoms. The lowest BCUT2D eigenvalue weighted by molar-refractivity contribution is -0.159. The van der Waals surface area contributed by atoms with E-state index in [1.807, 2.05) is 0 Å². The van der Waals surface area contributed by atoms with Crippen LogP contribution < -0.4 is 10.6 Å². The van der Waals surface area contributed by atoms with Crippen molar-refractivity contribution >= 4 is 29.6 Å². The highest BCUT2D eigenvalue weighted by Gasteiger charge is 2.43. The number of nitrogens with zero attached hydrogens (tertiary/aromatic N) is 1. The minimum absolute atomic E-state index is 0.0391. The third-order valence-corrected chi connectivity index (χ3v) is 5.08. The maximum absolute atomic E-state index is 13.2. The number of hydrogen-bond donors (Lipinski definition) is 2. The molecule has 2 aliphatic rings. The number of nitrogens with one attached hydrogen (secondary N) is 2. The Morgan fingerprint density at radius 1 is 1.03 bits per heavy atom. The molecule has 1 fully saturated rings. The Hall–Kier alpha value is -3.23. The van der Waals surface area contributed by atoms with Crippen molar-refractivity contribution in [1.82, 2.24) is 15.5 Å². The summed E-state index contributed by atoms with van der Waals surface area (Å²) in [6.07, 6.45) is 0.607. The Bertz CT molecular complexity index is 885. The van der Waals surface area contributed by atoms with Crippen LogP contribution >= 0.6 is 0 Å². The molecule has 166 valence electrons. The quantitative estimate of drug-likeness (QED) is 0.538. The zero-order chi connectivity index (χ0) is 22.8. The van der Waals surface area contributed by atoms with Gasteiger partial charge in [0, 0.05) is 13.0 Å². The van der Waals surface area contributed by atoms with Crippen LogP contribution in [-0.2, 0) is 19.1 Å². The first kappa shape index (κ1) is 22.5. The van der Waals surface area contributed by atoms with Gasteiger partial charge in [-0.2, -0.15) is 0 Å². The summed E-state index contributed by atoms with van der Waals surface area (Å²) < 4.78 is 5.41. The fourth-order valence-electron chi connectivity index (χ4n) is 3.65. The maximum atomic E-state index is 13.2. The molecule has 9 heteroatoms. The van der Waals surface area contributed by atoms with E-state index in [2.05, 4.69) is 10.6 Å². The highest BCUT2D eigenvalue weighted by molar-refractivity contribution is 6.22. The summed E-state index contributed by atoms with van der Waals surface area (Å²) in [4.78, 5) is 64.6. The molecule has 4 amide bonds. The minimum atomic E-state index is -1.22. The molecule has 0 aliphatic carbocycles. The molecule has 0 aromatic heterocycles. The van der Waals surface area contributed by atoms with Gasteiger partial charge in [-0.15, -0.1) is 0 Å². The highest BCUT2D eigenvalue weighted by Crippen LogP contribution is 2.26. The van der Waals surface area contributed by atoms with E-state index in [4.69, 9.17) is 4.74 Å². The number of imide groups is 1. The second-order valence-corrected chi connectivity index (χ2v) is 8.67. The normalized spacial score (nSPS) is 22.9. The molecular weight excluding hydrogens is 402 g/mol. The molecule has 2 aliphatic heterocycles. The monoisotopic (exact) mass is 429 g/mol. The fraction of sp³-hybridized carbons (Fsp3) is 0.500. The van der Waals surface area contributed by atoms with E-state index in [0.29, 0.717) is 13.0 Å². The van der Waals surface area contributed by atoms with E-state index < -0.39 is 41.4 Å². The van der Waals surface area contributed by atoms with E-state index in [0.717, 1.165) is 4.90 Å². The number of amides is 4. The maximum Gasteiger partial charge on any atom is 0.329 e. The molecule has 2 N–H and O–H groups in total. The summed E-state index contributed by atoms with van der Waals surface area (Å²) in [5.41, 5.74) is -0.324. The molecule has 9 nitrogen and oxygen atoms in total. The van der Waals surface area contributed by atoms with Crippen molar-refractivity contribution in [2.45, 2.75) is 64.1 Å². The molecule has 0 bridgehead atoms. The third-order valence-electron chi connectivity index (χ3n) is 5.08. The molecule has 1 aromatic carbocycles. The lowest BCUT2D eigenvalue weighted by atomic mass is 10.1. The topological polar surface area (TPSA) is 122 Å². The predicted molar refractivity (Wildman–Crippen MR) is 110 cm³/mol. The van der Waals surface area contributed by atoms with Crippen molar-refractivity contribution in [2.75, 3.05) is 6.54 Å². The van der Waals surface area contributed by atoms with Crippen molar-refractivity contribution in [3.05, 3.63) is 35.4 Å². The van der Waals surface area contributed by atoms with Gasteiger partial charge in [0.05, 0.1) is 11.1 Å². The van der Waals surface area contributed by atoms with Crippen LogP contribution in [-0.4, -0.2) is 58.7 Å². The van der Waals surface area contributed by atoms with Crippen molar-refractivity contribution in [1.29, 1.82) is 0 Å². The molecule has 31 heavy (non-hydrogen) atoms. The number of hydrogen-bond acceptors (Lipinski definition) is 6. The van der Waals surface area contributed by atoms with Crippen LogP contribution in [0.15, 0.2) is 24.3 Å². The third kappa shape index (κ3) is 5.10. The molecule has 0 radical (unpaired) electrons. The van der Waals surface area contributed by atoms with Crippen molar-refractivity contribution < 1.29 is 28.7 Å². The second kappa shape index (κ2) is 8.87. The van der Waals surface area contributed by atoms with Crippen LogP contribution in [0.5, 0.6) is 0 Å². The van der Waals surface area contributed by atoms with Crippen LogP contribution in [0, 0.1) is 0 Å². The zero-order valence-electron chi connectivity index (χ0n) is 17.9. The SMILES string of the molecule is CC(C)(C)OC(=O)[C@@H]1CCCNC(=O)CC[C@H](N2C(=O)c3ccccc3C2=O)C(=O)N1. The van der Waals surface area contributed by atoms with Gasteiger partial charge in [0.2, 0.25) is 11.8 Å². The summed E-state index contributed by atoms with van der Waals surface area (Å²) >= 11 is 0. The fourth-order valence-corrected chi connectivity index (χ4v) is 3.65. The van der Waals surface area contributed by atoms with Gasteiger partial charge in [0.15, 0.2) is 0 Å². The van der Waals surface area contributed by atoms with Crippen LogP contribution in [0.1, 0.15) is 67.2 Å². The molecule has 0 saturated carbocycles. The second-order valence-electron chi connectivity index (χ2n) is 8.67. The zero-order valence-corrected chi connectivity index (χ0v) is 17.9. The molecule has 3 rings (SSSR count). The van der Waals surface area contributed by atoms with Gasteiger partial charge in [-0.1, -0.05) is 12.1 Å². The highest BCUT2D eigenvalue weighted by atomic mass is 16.6. The van der Waals surface area contributed by atoms with Gasteiger partial charge >= 0.3 is 5.97 Å². The van der Waals surface area contributed by atoms with Crippen LogP contribution in [0.25, 0.3) is 0 Å². The summed E-state index contributed by atoms with van der Waals surface area (Å²) in [6.45, 7) is 5.50. The average molecular weight is 429 g/mol. The van der Waals surface area contributed by atoms with Crippen molar-refractivity contribution in [2.24, 2.45) is 0 Å². The van der Waals surface area contributed by atoms with Gasteiger partial charge < -0.3 is 15.4 Å². The number of carbonyl (C=O) groups is 5. The summed E-state index contributed by atoms with van der Waals surface area (Å²) in [7, 11) is 0. The van der Waals surface area contributed by atoms with Gasteiger partial charge in [-0.25, -0.2) is 4.79 Å². The molecule has 2 atom stereocenters. The number of carbonyl (C=O) groups excluding carboxylic acids is 5. The minimum Gasteiger partial charge on any atom is -0.458 e. The number of ether oxygens (including phenoxy) is 1. The molecule has 1 saturated heterocycles. The van der Waals surface area contributed by atoms with E-state index in [9.17, 15) is 24.0 Å². The van der Waals surface area contributed by atoms with E-state index >= 15 is 0 Å². The lowest BCUT2D eigenvalue weighted by Gasteiger charge is -2.28. The van der Waals surface area contributed by atoms with Crippen LogP contribution in [0.4, 0.5) is 0 Å². The Morgan fingerprint density at radius 3 is 2.23 bits per heavy atom. The first-order valence-electron chi connectivity index (χ1n) is 10.4. The Balaban J connectivity index is 1.88. The first-order chi connectivity index (χ1) is 14.6. The Morgan fingerprint density at radius 2 is 1.65 bits per heavy atom. The van der Waals surface area contributed by atoms with Gasteiger partial charge in [-0.05, 0) is 52.2 Å². The summed E-state index contributed by atoms with van der Waals surface area (Å²) in [5, 5.41) is 5.38. The smallest absolute Gasteiger partial charge is 0.329 e. The molecular formula is C22H27N3O6. The van der Waals surface area contributed by atoms with Crippen LogP contribution in [0.3, 0.4) is 0 Å². The van der Waals surface area contributed by atoms with Gasteiger partial charge in [0.1, 0.15) is 17.7 Å². The standard InChI is InChI=1S/C22H27N3O6/c1-22(2,3)31-21(30)15-9-6-12-23-17(26)11-10-16(18(27)24-15)25-19(28)13-7-4-5-8-14(13)20(25)29/h4-5,7-8,15-16H,6,9-12H2,1-3H3,(H,23,26)(H,24,27)/t15-,16-/m0/s1. The number of esters is 1. The molecule has 2 heterocycles. The number of fused-ring (bicyclic) bond motifs is 1. The predicted octanol–water partition coefficient (Wildman–Crippen LogP) is 1.17. The van der Waals surface area contributed by atoms with Crippen LogP contribution in [0.2, 0.25) is 0 Å². The summed E-state index contributed by atoms with van der Waals surface area (Å²) in [5.74, 6) is -2.74. The van der Waals surface area contributed by atoms with E-state index in [-0.39, 0.29) is 36.3 Å². The lowest BCUT2D eigenvalue weighted by Crippen LogP contribution is -2.54. The van der Waals surface area contributed by atoms with Gasteiger partial charge in [0.25, 0.3) is 11.8 Å². The number of rotatable bonds is 2. The van der Waals surface area contributed by atoms with E-state index in [1.54, 1.807) is 32.9 Å². The van der Waals surface area contributed by atoms with Crippen molar-refractivity contribution in [3.8, 4) is 0 Å². The Kier molecular flexibility index (Phi) is 6.42. The largest absolute Gasteiger partial charge is 0.458 e. The average Bonchev–Trinajstić information content (AvgIpc) is 2.92. The number of benzene rings is 1. The summed E-state index contributed by atoms with van der Waals surface area (Å²) in [6, 6.07) is 4.14. The van der Waals surface area contributed by atoms with Gasteiger partial charge in [-0.3, -0.25) is 24.1 Å². The first-order valence-corrected chi connectivity index (χ1v) is 10.4. The molecule has 1 aromatic rings. The van der Waals surface area contributed by atoms with Crippen molar-refractivity contribution in [3.63, 3.8) is 0 Å².